The van der Waals surface area contributed by atoms with E-state index in [1.807, 2.05) is 6.92 Å². The summed E-state index contributed by atoms with van der Waals surface area (Å²) in [6.45, 7) is 6.99. The number of nitrogens with one attached hydrogen (secondary N) is 1. The van der Waals surface area contributed by atoms with Crippen LogP contribution in [0.3, 0.4) is 0 Å². The predicted octanol–water partition coefficient (Wildman–Crippen LogP) is 0.537. The molecule has 0 saturated carbocycles. The lowest BCUT2D eigenvalue weighted by atomic mass is 10.3. The molecule has 1 N–H and O–H groups in total. The van der Waals surface area contributed by atoms with Crippen molar-refractivity contribution in [2.45, 2.75) is 19.9 Å². The van der Waals surface area contributed by atoms with Gasteiger partial charge < -0.3 is 19.7 Å². The smallest absolute Gasteiger partial charge is 0.322 e. The van der Waals surface area contributed by atoms with Crippen molar-refractivity contribution < 1.29 is 9.47 Å². The van der Waals surface area contributed by atoms with E-state index in [-0.39, 0.29) is 6.04 Å². The third kappa shape index (κ3) is 2.79. The molecule has 1 aromatic heterocycles. The van der Waals surface area contributed by atoms with Crippen LogP contribution in [0.2, 0.25) is 0 Å². The normalized spacial score (nSPS) is 19.7. The summed E-state index contributed by atoms with van der Waals surface area (Å²) in [5, 5.41) is 3.08. The van der Waals surface area contributed by atoms with E-state index in [0.29, 0.717) is 31.1 Å². The van der Waals surface area contributed by atoms with Crippen LogP contribution < -0.4 is 15.0 Å². The van der Waals surface area contributed by atoms with E-state index in [4.69, 9.17) is 9.47 Å². The van der Waals surface area contributed by atoms with Gasteiger partial charge in [-0.25, -0.2) is 0 Å². The van der Waals surface area contributed by atoms with Crippen molar-refractivity contribution in [2.24, 2.45) is 0 Å². The summed E-state index contributed by atoms with van der Waals surface area (Å²) in [5.41, 5.74) is 0. The first kappa shape index (κ1) is 12.8. The Hall–Kier alpha value is -1.63. The van der Waals surface area contributed by atoms with Crippen molar-refractivity contribution >= 4 is 11.9 Å². The summed E-state index contributed by atoms with van der Waals surface area (Å²) in [7, 11) is 1.55. The maximum atomic E-state index is 5.41. The van der Waals surface area contributed by atoms with Gasteiger partial charge in [-0.15, -0.1) is 0 Å². The van der Waals surface area contributed by atoms with Crippen LogP contribution >= 0.6 is 0 Å². The number of anilines is 2. The summed E-state index contributed by atoms with van der Waals surface area (Å²) in [4.78, 5) is 15.0. The monoisotopic (exact) mass is 253 g/mol. The van der Waals surface area contributed by atoms with Gasteiger partial charge in [-0.1, -0.05) is 0 Å². The molecule has 0 aromatic carbocycles. The van der Waals surface area contributed by atoms with Crippen LogP contribution in [0.25, 0.3) is 0 Å². The van der Waals surface area contributed by atoms with Crippen molar-refractivity contribution in [3.05, 3.63) is 0 Å². The molecule has 7 heteroatoms. The summed E-state index contributed by atoms with van der Waals surface area (Å²) >= 11 is 0. The van der Waals surface area contributed by atoms with Crippen LogP contribution in [-0.4, -0.2) is 54.4 Å². The zero-order chi connectivity index (χ0) is 13.0. The second-order valence-corrected chi connectivity index (χ2v) is 4.09. The number of aromatic nitrogens is 3. The molecule has 1 atom stereocenters. The molecule has 0 aliphatic carbocycles. The molecule has 1 aromatic rings. The summed E-state index contributed by atoms with van der Waals surface area (Å²) in [5.74, 6) is 1.17. The van der Waals surface area contributed by atoms with Gasteiger partial charge in [-0.05, 0) is 13.8 Å². The highest BCUT2D eigenvalue weighted by atomic mass is 16.5. The molecule has 18 heavy (non-hydrogen) atoms. The van der Waals surface area contributed by atoms with Crippen molar-refractivity contribution in [3.8, 4) is 6.01 Å². The Labute approximate surface area is 107 Å². The Bertz CT molecular complexity index is 401. The van der Waals surface area contributed by atoms with E-state index in [2.05, 4.69) is 32.1 Å². The third-order valence-corrected chi connectivity index (χ3v) is 2.75. The number of hydrogen-bond donors (Lipinski definition) is 1. The maximum Gasteiger partial charge on any atom is 0.322 e. The van der Waals surface area contributed by atoms with Crippen molar-refractivity contribution in [3.63, 3.8) is 0 Å². The van der Waals surface area contributed by atoms with E-state index in [1.165, 1.54) is 0 Å². The molecule has 1 fully saturated rings. The Morgan fingerprint density at radius 1 is 1.44 bits per heavy atom. The zero-order valence-electron chi connectivity index (χ0n) is 11.0. The van der Waals surface area contributed by atoms with Crippen LogP contribution in [0.4, 0.5) is 11.9 Å². The minimum absolute atomic E-state index is 0.250. The van der Waals surface area contributed by atoms with Gasteiger partial charge in [0.2, 0.25) is 11.9 Å². The predicted molar refractivity (Wildman–Crippen MR) is 68.2 cm³/mol. The lowest BCUT2D eigenvalue weighted by Crippen LogP contribution is -2.44. The molecule has 0 bridgehead atoms. The standard InChI is InChI=1S/C11H19N5O2/c1-4-12-9-13-10(15-11(14-9)17-3)16-5-6-18-7-8(16)2/h8H,4-7H2,1-3H3,(H,12,13,14,15). The largest absolute Gasteiger partial charge is 0.467 e. The summed E-state index contributed by atoms with van der Waals surface area (Å²) in [6, 6.07) is 0.579. The van der Waals surface area contributed by atoms with E-state index in [9.17, 15) is 0 Å². The topological polar surface area (TPSA) is 72.4 Å². The molecule has 1 saturated heterocycles. The number of morpholine rings is 1. The van der Waals surface area contributed by atoms with Gasteiger partial charge in [0, 0.05) is 13.1 Å². The maximum absolute atomic E-state index is 5.41. The van der Waals surface area contributed by atoms with Crippen LogP contribution in [0, 0.1) is 0 Å². The number of hydrogen-bond acceptors (Lipinski definition) is 7. The zero-order valence-corrected chi connectivity index (χ0v) is 11.0. The highest BCUT2D eigenvalue weighted by Crippen LogP contribution is 2.18. The van der Waals surface area contributed by atoms with E-state index < -0.39 is 0 Å². The average molecular weight is 253 g/mol. The lowest BCUT2D eigenvalue weighted by Gasteiger charge is -2.33. The van der Waals surface area contributed by atoms with E-state index in [0.717, 1.165) is 13.1 Å². The molecule has 2 rings (SSSR count). The SMILES string of the molecule is CCNc1nc(OC)nc(N2CCOCC2C)n1. The Kier molecular flexibility index (Phi) is 4.14. The fourth-order valence-electron chi connectivity index (χ4n) is 1.83. The molecule has 0 amide bonds. The molecule has 100 valence electrons. The van der Waals surface area contributed by atoms with Gasteiger partial charge >= 0.3 is 6.01 Å². The van der Waals surface area contributed by atoms with Gasteiger partial charge in [-0.3, -0.25) is 0 Å². The molecule has 1 aliphatic heterocycles. The molecule has 0 spiro atoms. The second kappa shape index (κ2) is 5.81. The van der Waals surface area contributed by atoms with Gasteiger partial charge in [0.1, 0.15) is 0 Å². The fourth-order valence-corrected chi connectivity index (χ4v) is 1.83. The average Bonchev–Trinajstić information content (AvgIpc) is 2.39. The van der Waals surface area contributed by atoms with Gasteiger partial charge in [0.15, 0.2) is 0 Å². The van der Waals surface area contributed by atoms with E-state index in [1.54, 1.807) is 7.11 Å². The highest BCUT2D eigenvalue weighted by molar-refractivity contribution is 5.39. The minimum atomic E-state index is 0.250. The molecule has 0 radical (unpaired) electrons. The van der Waals surface area contributed by atoms with Crippen molar-refractivity contribution in [1.82, 2.24) is 15.0 Å². The quantitative estimate of drug-likeness (QED) is 0.839. The van der Waals surface area contributed by atoms with Gasteiger partial charge in [-0.2, -0.15) is 15.0 Å². The molecule has 7 nitrogen and oxygen atoms in total. The number of methoxy groups -OCH3 is 1. The molecule has 1 aliphatic rings. The van der Waals surface area contributed by atoms with E-state index >= 15 is 0 Å². The molecule has 1 unspecified atom stereocenters. The van der Waals surface area contributed by atoms with Crippen LogP contribution in [0.15, 0.2) is 0 Å². The third-order valence-electron chi connectivity index (χ3n) is 2.75. The lowest BCUT2D eigenvalue weighted by molar-refractivity contribution is 0.0980. The molecular formula is C11H19N5O2. The van der Waals surface area contributed by atoms with Gasteiger partial charge in [0.05, 0.1) is 26.4 Å². The fraction of sp³-hybridized carbons (Fsp3) is 0.727. The highest BCUT2D eigenvalue weighted by Gasteiger charge is 2.22. The minimum Gasteiger partial charge on any atom is -0.467 e. The number of rotatable bonds is 4. The van der Waals surface area contributed by atoms with Crippen molar-refractivity contribution in [2.75, 3.05) is 43.6 Å². The molecular weight excluding hydrogens is 234 g/mol. The summed E-state index contributed by atoms with van der Waals surface area (Å²) < 4.78 is 10.5. The second-order valence-electron chi connectivity index (χ2n) is 4.09. The Morgan fingerprint density at radius 2 is 2.28 bits per heavy atom. The first-order valence-corrected chi connectivity index (χ1v) is 6.13. The Balaban J connectivity index is 2.27. The first-order valence-electron chi connectivity index (χ1n) is 6.13. The number of ether oxygens (including phenoxy) is 2. The van der Waals surface area contributed by atoms with Gasteiger partial charge in [0.25, 0.3) is 0 Å². The van der Waals surface area contributed by atoms with Crippen LogP contribution in [0.1, 0.15) is 13.8 Å². The summed E-state index contributed by atoms with van der Waals surface area (Å²) in [6.07, 6.45) is 0. The van der Waals surface area contributed by atoms with Crippen molar-refractivity contribution in [1.29, 1.82) is 0 Å². The van der Waals surface area contributed by atoms with Crippen LogP contribution in [-0.2, 0) is 4.74 Å². The number of nitrogens with zero attached hydrogens (tertiary/aromatic N) is 4. The first-order chi connectivity index (χ1) is 8.74. The Morgan fingerprint density at radius 3 is 2.94 bits per heavy atom. The van der Waals surface area contributed by atoms with Crippen LogP contribution in [0.5, 0.6) is 6.01 Å². The molecule has 2 heterocycles.